The van der Waals surface area contributed by atoms with Crippen molar-refractivity contribution in [2.75, 3.05) is 4.72 Å². The van der Waals surface area contributed by atoms with Crippen molar-refractivity contribution in [2.24, 2.45) is 5.73 Å². The summed E-state index contributed by atoms with van der Waals surface area (Å²) in [4.78, 5) is 0.851. The lowest BCUT2D eigenvalue weighted by molar-refractivity contribution is 0.603. The Bertz CT molecular complexity index is 734. The molecule has 0 aliphatic carbocycles. The molecule has 0 aliphatic heterocycles. The highest BCUT2D eigenvalue weighted by molar-refractivity contribution is 7.94. The van der Waals surface area contributed by atoms with Gasteiger partial charge in [0.2, 0.25) is 0 Å². The molecule has 3 N–H and O–H groups in total. The van der Waals surface area contributed by atoms with Gasteiger partial charge in [-0.1, -0.05) is 32.0 Å². The van der Waals surface area contributed by atoms with E-state index in [1.165, 1.54) is 11.3 Å². The lowest BCUT2D eigenvalue weighted by atomic mass is 9.99. The molecule has 1 aromatic heterocycles. The first-order chi connectivity index (χ1) is 9.85. The first kappa shape index (κ1) is 16.0. The van der Waals surface area contributed by atoms with Crippen molar-refractivity contribution in [3.8, 4) is 0 Å². The predicted molar refractivity (Wildman–Crippen MR) is 88.3 cm³/mol. The Balaban J connectivity index is 2.41. The van der Waals surface area contributed by atoms with Crippen molar-refractivity contribution < 1.29 is 8.42 Å². The molecule has 0 amide bonds. The molecule has 2 aromatic rings. The van der Waals surface area contributed by atoms with Crippen LogP contribution < -0.4 is 10.5 Å². The van der Waals surface area contributed by atoms with Gasteiger partial charge in [-0.25, -0.2) is 8.42 Å². The fourth-order valence-electron chi connectivity index (χ4n) is 2.11. The second kappa shape index (κ2) is 6.17. The number of hydrogen-bond acceptors (Lipinski definition) is 4. The van der Waals surface area contributed by atoms with Gasteiger partial charge < -0.3 is 5.73 Å². The van der Waals surface area contributed by atoms with E-state index >= 15 is 0 Å². The van der Waals surface area contributed by atoms with Gasteiger partial charge in [-0.15, -0.1) is 11.3 Å². The molecule has 0 saturated heterocycles. The van der Waals surface area contributed by atoms with E-state index in [9.17, 15) is 8.42 Å². The van der Waals surface area contributed by atoms with E-state index in [1.54, 1.807) is 12.1 Å². The summed E-state index contributed by atoms with van der Waals surface area (Å²) in [6, 6.07) is 9.15. The molecular weight excluding hydrogens is 304 g/mol. The van der Waals surface area contributed by atoms with Gasteiger partial charge in [0.05, 0.1) is 5.69 Å². The molecule has 6 heteroatoms. The van der Waals surface area contributed by atoms with Crippen molar-refractivity contribution in [2.45, 2.75) is 37.4 Å². The minimum absolute atomic E-state index is 0.241. The normalized spacial score (nSPS) is 11.9. The quantitative estimate of drug-likeness (QED) is 0.885. The monoisotopic (exact) mass is 324 g/mol. The third-order valence-corrected chi connectivity index (χ3v) is 6.22. The first-order valence-electron chi connectivity index (χ1n) is 6.76. The van der Waals surface area contributed by atoms with E-state index in [0.29, 0.717) is 16.4 Å². The van der Waals surface area contributed by atoms with Crippen LogP contribution in [-0.2, 0) is 16.6 Å². The highest BCUT2D eigenvalue weighted by Gasteiger charge is 2.20. The lowest BCUT2D eigenvalue weighted by Gasteiger charge is -2.16. The van der Waals surface area contributed by atoms with Crippen molar-refractivity contribution >= 4 is 27.0 Å². The van der Waals surface area contributed by atoms with Gasteiger partial charge >= 0.3 is 0 Å². The van der Waals surface area contributed by atoms with Gasteiger partial charge in [0.1, 0.15) is 4.21 Å². The van der Waals surface area contributed by atoms with Crippen LogP contribution in [0.3, 0.4) is 0 Å². The van der Waals surface area contributed by atoms with Gasteiger partial charge in [-0.05, 0) is 36.1 Å². The molecule has 21 heavy (non-hydrogen) atoms. The molecule has 0 unspecified atom stereocenters. The molecule has 4 nitrogen and oxygen atoms in total. The fraction of sp³-hybridized carbons (Fsp3) is 0.333. The molecule has 1 heterocycles. The highest BCUT2D eigenvalue weighted by atomic mass is 32.2. The summed E-state index contributed by atoms with van der Waals surface area (Å²) < 4.78 is 28.1. The van der Waals surface area contributed by atoms with Gasteiger partial charge in [-0.2, -0.15) is 0 Å². The zero-order valence-electron chi connectivity index (χ0n) is 12.4. The Hall–Kier alpha value is -1.37. The van der Waals surface area contributed by atoms with Gasteiger partial charge in [0, 0.05) is 11.4 Å². The summed E-state index contributed by atoms with van der Waals surface area (Å²) in [5, 5.41) is 0. The maximum Gasteiger partial charge on any atom is 0.271 e. The van der Waals surface area contributed by atoms with Crippen LogP contribution in [0.25, 0.3) is 0 Å². The molecule has 0 saturated carbocycles. The maximum absolute atomic E-state index is 12.5. The van der Waals surface area contributed by atoms with Crippen molar-refractivity contribution in [1.29, 1.82) is 0 Å². The minimum atomic E-state index is -3.57. The van der Waals surface area contributed by atoms with E-state index in [2.05, 4.69) is 4.72 Å². The minimum Gasteiger partial charge on any atom is -0.326 e. The molecule has 0 fully saturated rings. The number of nitrogens with one attached hydrogen (secondary N) is 1. The average Bonchev–Trinajstić information content (AvgIpc) is 2.90. The third-order valence-electron chi connectivity index (χ3n) is 3.27. The zero-order chi connectivity index (χ0) is 15.6. The van der Waals surface area contributed by atoms with E-state index in [0.717, 1.165) is 16.0 Å². The number of thiophene rings is 1. The van der Waals surface area contributed by atoms with Crippen molar-refractivity contribution in [3.05, 3.63) is 46.3 Å². The summed E-state index contributed by atoms with van der Waals surface area (Å²) >= 11 is 1.20. The Morgan fingerprint density at radius 3 is 2.52 bits per heavy atom. The van der Waals surface area contributed by atoms with Crippen LogP contribution in [-0.4, -0.2) is 8.42 Å². The Labute approximate surface area is 130 Å². The number of para-hydroxylation sites is 1. The Morgan fingerprint density at radius 2 is 1.95 bits per heavy atom. The van der Waals surface area contributed by atoms with Crippen LogP contribution in [0.4, 0.5) is 5.69 Å². The van der Waals surface area contributed by atoms with E-state index < -0.39 is 10.0 Å². The number of aryl methyl sites for hydroxylation is 1. The van der Waals surface area contributed by atoms with Crippen LogP contribution in [0.2, 0.25) is 0 Å². The Morgan fingerprint density at radius 1 is 1.24 bits per heavy atom. The second-order valence-corrected chi connectivity index (χ2v) is 8.30. The van der Waals surface area contributed by atoms with Crippen LogP contribution in [0, 0.1) is 6.92 Å². The summed E-state index contributed by atoms with van der Waals surface area (Å²) in [6.45, 7) is 6.35. The Kier molecular flexibility index (Phi) is 4.70. The van der Waals surface area contributed by atoms with Crippen molar-refractivity contribution in [1.82, 2.24) is 0 Å². The predicted octanol–water partition coefficient (Wildman–Crippen LogP) is 3.44. The molecule has 0 aliphatic rings. The number of rotatable bonds is 5. The summed E-state index contributed by atoms with van der Waals surface area (Å²) in [5.74, 6) is 0.241. The third kappa shape index (κ3) is 3.45. The summed E-state index contributed by atoms with van der Waals surface area (Å²) in [5.41, 5.74) is 8.13. The van der Waals surface area contributed by atoms with Crippen LogP contribution >= 0.6 is 11.3 Å². The zero-order valence-corrected chi connectivity index (χ0v) is 14.0. The first-order valence-corrected chi connectivity index (χ1v) is 9.06. The number of hydrogen-bond donors (Lipinski definition) is 2. The summed E-state index contributed by atoms with van der Waals surface area (Å²) in [6.07, 6.45) is 0. The van der Waals surface area contributed by atoms with Crippen LogP contribution in [0.15, 0.2) is 34.5 Å². The largest absolute Gasteiger partial charge is 0.326 e. The molecule has 2 rings (SSSR count). The lowest BCUT2D eigenvalue weighted by Crippen LogP contribution is -2.14. The van der Waals surface area contributed by atoms with Gasteiger partial charge in [0.25, 0.3) is 10.0 Å². The standard InChI is InChI=1S/C15H20N2O2S2/c1-10(2)13-6-4-5-11(3)15(13)17-21(18,19)14-8-7-12(9-16)20-14/h4-8,10,17H,9,16H2,1-3H3. The van der Waals surface area contributed by atoms with E-state index in [-0.39, 0.29) is 5.92 Å². The van der Waals surface area contributed by atoms with E-state index in [4.69, 9.17) is 5.73 Å². The number of nitrogens with two attached hydrogens (primary N) is 1. The number of benzene rings is 1. The molecular formula is C15H20N2O2S2. The molecule has 0 radical (unpaired) electrons. The molecule has 1 aromatic carbocycles. The van der Waals surface area contributed by atoms with Crippen LogP contribution in [0.5, 0.6) is 0 Å². The smallest absolute Gasteiger partial charge is 0.271 e. The van der Waals surface area contributed by atoms with Gasteiger partial charge in [-0.3, -0.25) is 4.72 Å². The average molecular weight is 324 g/mol. The number of anilines is 1. The molecule has 0 bridgehead atoms. The highest BCUT2D eigenvalue weighted by Crippen LogP contribution is 2.31. The second-order valence-electron chi connectivity index (χ2n) is 5.22. The van der Waals surface area contributed by atoms with Crippen LogP contribution in [0.1, 0.15) is 35.8 Å². The molecule has 114 valence electrons. The number of sulfonamides is 1. The molecule has 0 atom stereocenters. The SMILES string of the molecule is Cc1cccc(C(C)C)c1NS(=O)(=O)c1ccc(CN)s1. The fourth-order valence-corrected chi connectivity index (χ4v) is 4.50. The topological polar surface area (TPSA) is 72.2 Å². The van der Waals surface area contributed by atoms with Gasteiger partial charge in [0.15, 0.2) is 0 Å². The van der Waals surface area contributed by atoms with E-state index in [1.807, 2.05) is 39.0 Å². The van der Waals surface area contributed by atoms with Crippen molar-refractivity contribution in [3.63, 3.8) is 0 Å². The molecule has 0 spiro atoms. The maximum atomic E-state index is 12.5. The summed E-state index contributed by atoms with van der Waals surface area (Å²) in [7, 11) is -3.57.